The number of aromatic hydroxyl groups is 1. The number of nitrogens with zero attached hydrogens (tertiary/aromatic N) is 3. The molecular weight excluding hydrogens is 576 g/mol. The highest BCUT2D eigenvalue weighted by atomic mass is 16.3. The van der Waals surface area contributed by atoms with E-state index in [4.69, 9.17) is 5.73 Å². The maximum atomic E-state index is 14.3. The highest BCUT2D eigenvalue weighted by molar-refractivity contribution is 6.32. The van der Waals surface area contributed by atoms with Gasteiger partial charge in [-0.25, -0.2) is 0 Å². The van der Waals surface area contributed by atoms with Gasteiger partial charge in [-0.3, -0.25) is 33.8 Å². The molecule has 4 N–H and O–H groups in total. The number of primary amides is 1. The first-order valence-corrected chi connectivity index (χ1v) is 15.5. The van der Waals surface area contributed by atoms with Crippen molar-refractivity contribution in [1.82, 2.24) is 9.80 Å². The summed E-state index contributed by atoms with van der Waals surface area (Å²) in [5.41, 5.74) is 6.20. The van der Waals surface area contributed by atoms with Crippen LogP contribution in [-0.2, 0) is 32.1 Å². The van der Waals surface area contributed by atoms with Gasteiger partial charge in [0.25, 0.3) is 0 Å². The maximum Gasteiger partial charge on any atom is 0.235 e. The molecule has 0 radical (unpaired) electrons. The second-order valence-corrected chi connectivity index (χ2v) is 13.5. The van der Waals surface area contributed by atoms with E-state index in [0.29, 0.717) is 22.4 Å². The van der Waals surface area contributed by atoms with Gasteiger partial charge in [0.1, 0.15) is 5.75 Å². The molecule has 2 saturated carbocycles. The Bertz CT molecular complexity index is 1610. The average molecular weight is 617 g/mol. The number of hydrogen-bond acceptors (Lipinski definition) is 10. The number of aliphatic hydroxyl groups is 1. The predicted octanol–water partition coefficient (Wildman–Crippen LogP) is 1.20. The molecule has 1 amide bonds. The van der Waals surface area contributed by atoms with Gasteiger partial charge in [-0.05, 0) is 81.5 Å². The van der Waals surface area contributed by atoms with Crippen LogP contribution in [0.4, 0.5) is 5.69 Å². The SMILES string of the molecule is CN(C)c1cc(-c2ccc(CN3CCCC3)cc2)c(O)c2c1C[C@H]1C[C@H]3[C@H](N(C)C)C(=O)C(C(N)=O)C(=O)[C@@]3(O)C(=O)C1C2=O. The number of phenols is 1. The standard InChI is InChI=1S/C34H40N4O7/c1-36(2)23-15-20(18-9-7-17(8-10-18)16-38-11-5-6-12-38)28(39)25-21(23)13-19-14-22-27(37(3)4)30(41)26(33(35)44)32(43)34(22,45)31(42)24(19)29(25)40/h7-10,15,19,22,24,26-27,39,45H,5-6,11-14,16H2,1-4H3,(H2,35,44)/t19-,22-,24?,26?,27-,34-/m0/s1. The zero-order valence-electron chi connectivity index (χ0n) is 26.1. The first kappa shape index (κ1) is 31.1. The largest absolute Gasteiger partial charge is 0.507 e. The fourth-order valence-electron chi connectivity index (χ4n) is 8.26. The molecular formula is C34H40N4O7. The Balaban J connectivity index is 1.43. The number of anilines is 1. The molecule has 238 valence electrons. The van der Waals surface area contributed by atoms with E-state index in [9.17, 15) is 34.2 Å². The number of amides is 1. The zero-order valence-corrected chi connectivity index (χ0v) is 26.1. The third-order valence-corrected chi connectivity index (χ3v) is 10.4. The lowest BCUT2D eigenvalue weighted by molar-refractivity contribution is -0.181. The summed E-state index contributed by atoms with van der Waals surface area (Å²) in [6, 6.07) is 8.53. The van der Waals surface area contributed by atoms with E-state index in [0.717, 1.165) is 25.2 Å². The van der Waals surface area contributed by atoms with Gasteiger partial charge in [-0.15, -0.1) is 0 Å². The third-order valence-electron chi connectivity index (χ3n) is 10.4. The van der Waals surface area contributed by atoms with E-state index in [2.05, 4.69) is 4.90 Å². The van der Waals surface area contributed by atoms with Crippen molar-refractivity contribution in [2.45, 2.75) is 43.9 Å². The number of phenolic OH excluding ortho intramolecular Hbond substituents is 1. The van der Waals surface area contributed by atoms with Crippen molar-refractivity contribution in [3.63, 3.8) is 0 Å². The van der Waals surface area contributed by atoms with Crippen LogP contribution in [0.15, 0.2) is 30.3 Å². The van der Waals surface area contributed by atoms with Crippen LogP contribution in [-0.4, -0.2) is 102 Å². The molecule has 2 aromatic rings. The topological polar surface area (TPSA) is 162 Å². The smallest absolute Gasteiger partial charge is 0.235 e. The molecule has 0 bridgehead atoms. The number of carbonyl (C=O) groups is 5. The molecule has 3 fully saturated rings. The fraction of sp³-hybridized carbons (Fsp3) is 0.500. The van der Waals surface area contributed by atoms with Crippen LogP contribution in [0.1, 0.15) is 40.7 Å². The van der Waals surface area contributed by atoms with E-state index in [1.807, 2.05) is 49.3 Å². The Morgan fingerprint density at radius 1 is 1.02 bits per heavy atom. The molecule has 6 atom stereocenters. The summed E-state index contributed by atoms with van der Waals surface area (Å²) in [6.07, 6.45) is 2.61. The highest BCUT2D eigenvalue weighted by Crippen LogP contribution is 2.53. The van der Waals surface area contributed by atoms with Gasteiger partial charge < -0.3 is 20.8 Å². The number of ketones is 4. The van der Waals surface area contributed by atoms with Gasteiger partial charge in [0.2, 0.25) is 5.91 Å². The molecule has 45 heavy (non-hydrogen) atoms. The summed E-state index contributed by atoms with van der Waals surface area (Å²) in [6.45, 7) is 2.97. The fourth-order valence-corrected chi connectivity index (χ4v) is 8.26. The molecule has 3 aliphatic carbocycles. The molecule has 6 rings (SSSR count). The van der Waals surface area contributed by atoms with Gasteiger partial charge in [0, 0.05) is 37.8 Å². The van der Waals surface area contributed by atoms with Crippen molar-refractivity contribution >= 4 is 34.7 Å². The molecule has 1 aliphatic heterocycles. The first-order valence-electron chi connectivity index (χ1n) is 15.5. The number of carbonyl (C=O) groups excluding carboxylic acids is 5. The normalized spacial score (nSPS) is 29.9. The van der Waals surface area contributed by atoms with Gasteiger partial charge in [-0.1, -0.05) is 24.3 Å². The molecule has 1 heterocycles. The summed E-state index contributed by atoms with van der Waals surface area (Å²) < 4.78 is 0. The Labute approximate surface area is 262 Å². The Morgan fingerprint density at radius 2 is 1.67 bits per heavy atom. The number of likely N-dealkylation sites (N-methyl/N-ethyl adjacent to an activating group) is 1. The molecule has 11 heteroatoms. The quantitative estimate of drug-likeness (QED) is 0.402. The molecule has 0 aromatic heterocycles. The van der Waals surface area contributed by atoms with E-state index in [1.165, 1.54) is 17.7 Å². The number of likely N-dealkylation sites (tertiary alicyclic amines) is 1. The number of fused-ring (bicyclic) bond motifs is 3. The zero-order chi connectivity index (χ0) is 32.5. The monoisotopic (exact) mass is 616 g/mol. The van der Waals surface area contributed by atoms with Gasteiger partial charge in [-0.2, -0.15) is 0 Å². The van der Waals surface area contributed by atoms with E-state index in [1.54, 1.807) is 14.1 Å². The number of benzene rings is 2. The first-order chi connectivity index (χ1) is 21.3. The van der Waals surface area contributed by atoms with Crippen LogP contribution in [0.3, 0.4) is 0 Å². The number of Topliss-reactive ketones (excluding diaryl/α,β-unsaturated/α-hetero) is 4. The second-order valence-electron chi connectivity index (χ2n) is 13.5. The van der Waals surface area contributed by atoms with Crippen LogP contribution in [0.25, 0.3) is 11.1 Å². The minimum Gasteiger partial charge on any atom is -0.507 e. The van der Waals surface area contributed by atoms with Crippen molar-refractivity contribution in [2.75, 3.05) is 46.2 Å². The van der Waals surface area contributed by atoms with Crippen LogP contribution in [0.2, 0.25) is 0 Å². The van der Waals surface area contributed by atoms with Crippen LogP contribution >= 0.6 is 0 Å². The van der Waals surface area contributed by atoms with E-state index < -0.39 is 64.4 Å². The van der Waals surface area contributed by atoms with E-state index >= 15 is 0 Å². The summed E-state index contributed by atoms with van der Waals surface area (Å²) in [5.74, 6) is -10.5. The summed E-state index contributed by atoms with van der Waals surface area (Å²) in [7, 11) is 6.80. The molecule has 0 spiro atoms. The highest BCUT2D eigenvalue weighted by Gasteiger charge is 2.69. The van der Waals surface area contributed by atoms with Crippen molar-refractivity contribution < 1.29 is 34.2 Å². The molecule has 1 saturated heterocycles. The second kappa shape index (κ2) is 11.1. The predicted molar refractivity (Wildman–Crippen MR) is 166 cm³/mol. The Hall–Kier alpha value is -3.93. The average Bonchev–Trinajstić information content (AvgIpc) is 3.48. The Morgan fingerprint density at radius 3 is 2.24 bits per heavy atom. The van der Waals surface area contributed by atoms with Crippen molar-refractivity contribution in [3.8, 4) is 16.9 Å². The number of rotatable bonds is 6. The summed E-state index contributed by atoms with van der Waals surface area (Å²) in [4.78, 5) is 73.3. The van der Waals surface area contributed by atoms with E-state index in [-0.39, 0.29) is 24.2 Å². The van der Waals surface area contributed by atoms with Crippen LogP contribution < -0.4 is 10.6 Å². The van der Waals surface area contributed by atoms with Crippen molar-refractivity contribution in [3.05, 3.63) is 47.0 Å². The van der Waals surface area contributed by atoms with Gasteiger partial charge in [0.05, 0.1) is 17.5 Å². The molecule has 11 nitrogen and oxygen atoms in total. The summed E-state index contributed by atoms with van der Waals surface area (Å²) in [5, 5.41) is 23.5. The molecule has 2 aromatic carbocycles. The number of nitrogens with two attached hydrogens (primary N) is 1. The Kier molecular flexibility index (Phi) is 7.70. The van der Waals surface area contributed by atoms with Crippen LogP contribution in [0, 0.1) is 23.7 Å². The van der Waals surface area contributed by atoms with Crippen molar-refractivity contribution in [2.24, 2.45) is 29.4 Å². The maximum absolute atomic E-state index is 14.3. The summed E-state index contributed by atoms with van der Waals surface area (Å²) >= 11 is 0. The van der Waals surface area contributed by atoms with Crippen LogP contribution in [0.5, 0.6) is 5.75 Å². The molecule has 4 aliphatic rings. The minimum absolute atomic E-state index is 0.0102. The molecule has 2 unspecified atom stereocenters. The van der Waals surface area contributed by atoms with Gasteiger partial charge >= 0.3 is 0 Å². The lowest BCUT2D eigenvalue weighted by atomic mass is 9.52. The van der Waals surface area contributed by atoms with Gasteiger partial charge in [0.15, 0.2) is 34.7 Å². The van der Waals surface area contributed by atoms with Crippen molar-refractivity contribution in [1.29, 1.82) is 0 Å². The third kappa shape index (κ3) is 4.71. The lowest BCUT2D eigenvalue weighted by Crippen LogP contribution is -2.74. The minimum atomic E-state index is -2.75. The lowest BCUT2D eigenvalue weighted by Gasteiger charge is -2.52. The number of hydrogen-bond donors (Lipinski definition) is 3.